The molecule has 3 aliphatic carbocycles. The van der Waals surface area contributed by atoms with Crippen molar-refractivity contribution in [3.05, 3.63) is 58.7 Å². The van der Waals surface area contributed by atoms with E-state index in [0.29, 0.717) is 0 Å². The molecular weight excluding hydrogens is 192 g/mol. The van der Waals surface area contributed by atoms with Crippen molar-refractivity contribution in [2.24, 2.45) is 11.8 Å². The van der Waals surface area contributed by atoms with Crippen molar-refractivity contribution in [1.82, 2.24) is 0 Å². The Kier molecular flexibility index (Phi) is 2.24. The van der Waals surface area contributed by atoms with E-state index in [9.17, 15) is 0 Å². The molecule has 0 N–H and O–H groups in total. The lowest BCUT2D eigenvalue weighted by molar-refractivity contribution is 0.873. The standard InChI is InChI=1S/C16H18/c1-3-12-9-10-14(16-11(2)15(12)16)13-7-5-4-6-8-13/h3,5,7-11,15H,4,6H2,1-2H3/b12-3-. The third kappa shape index (κ3) is 1.36. The van der Waals surface area contributed by atoms with Crippen LogP contribution in [0, 0.1) is 11.8 Å². The van der Waals surface area contributed by atoms with Crippen molar-refractivity contribution in [1.29, 1.82) is 0 Å². The van der Waals surface area contributed by atoms with E-state index in [0.717, 1.165) is 11.8 Å². The molecule has 3 aliphatic rings. The van der Waals surface area contributed by atoms with Gasteiger partial charge in [-0.2, -0.15) is 0 Å². The topological polar surface area (TPSA) is 0 Å². The molecule has 1 saturated carbocycles. The van der Waals surface area contributed by atoms with Gasteiger partial charge in [0, 0.05) is 5.92 Å². The monoisotopic (exact) mass is 210 g/mol. The third-order valence-corrected chi connectivity index (χ3v) is 3.97. The lowest BCUT2D eigenvalue weighted by Crippen LogP contribution is -1.94. The van der Waals surface area contributed by atoms with Crippen LogP contribution < -0.4 is 0 Å². The maximum Gasteiger partial charge on any atom is 0.0120 e. The molecule has 2 atom stereocenters. The molecule has 0 amide bonds. The van der Waals surface area contributed by atoms with Crippen LogP contribution in [0.25, 0.3) is 0 Å². The first-order valence-corrected chi connectivity index (χ1v) is 6.28. The van der Waals surface area contributed by atoms with E-state index in [-0.39, 0.29) is 0 Å². The van der Waals surface area contributed by atoms with Gasteiger partial charge >= 0.3 is 0 Å². The fourth-order valence-electron chi connectivity index (χ4n) is 3.01. The Hall–Kier alpha value is -1.30. The molecule has 0 heteroatoms. The van der Waals surface area contributed by atoms with E-state index >= 15 is 0 Å². The van der Waals surface area contributed by atoms with Crippen LogP contribution in [-0.4, -0.2) is 0 Å². The van der Waals surface area contributed by atoms with Crippen molar-refractivity contribution < 1.29 is 0 Å². The van der Waals surface area contributed by atoms with E-state index in [2.05, 4.69) is 50.3 Å². The predicted molar refractivity (Wildman–Crippen MR) is 69.0 cm³/mol. The summed E-state index contributed by atoms with van der Waals surface area (Å²) in [6.45, 7) is 4.50. The lowest BCUT2D eigenvalue weighted by Gasteiger charge is -2.11. The summed E-state index contributed by atoms with van der Waals surface area (Å²) >= 11 is 0. The molecule has 0 spiro atoms. The van der Waals surface area contributed by atoms with Gasteiger partial charge in [0.1, 0.15) is 0 Å². The highest BCUT2D eigenvalue weighted by Crippen LogP contribution is 2.56. The predicted octanol–water partition coefficient (Wildman–Crippen LogP) is 4.34. The van der Waals surface area contributed by atoms with Gasteiger partial charge in [-0.25, -0.2) is 0 Å². The van der Waals surface area contributed by atoms with Gasteiger partial charge in [0.15, 0.2) is 0 Å². The maximum atomic E-state index is 2.38. The molecular formula is C16H18. The van der Waals surface area contributed by atoms with Crippen LogP contribution in [-0.2, 0) is 0 Å². The molecule has 0 nitrogen and oxygen atoms in total. The van der Waals surface area contributed by atoms with Gasteiger partial charge in [0.2, 0.25) is 0 Å². The highest BCUT2D eigenvalue weighted by atomic mass is 14.5. The first kappa shape index (κ1) is 9.89. The minimum atomic E-state index is 0.723. The molecule has 0 aromatic carbocycles. The summed E-state index contributed by atoms with van der Waals surface area (Å²) in [6.07, 6.45) is 16.2. The normalized spacial score (nSPS) is 34.1. The zero-order chi connectivity index (χ0) is 11.1. The van der Waals surface area contributed by atoms with Crippen LogP contribution in [0.1, 0.15) is 26.7 Å². The summed E-state index contributed by atoms with van der Waals surface area (Å²) in [5.41, 5.74) is 6.11. The molecule has 3 rings (SSSR count). The second-order valence-electron chi connectivity index (χ2n) is 4.90. The van der Waals surface area contributed by atoms with Crippen LogP contribution in [0.4, 0.5) is 0 Å². The Morgan fingerprint density at radius 2 is 2.06 bits per heavy atom. The van der Waals surface area contributed by atoms with E-state index in [1.807, 2.05) is 0 Å². The highest BCUT2D eigenvalue weighted by Gasteiger charge is 2.45. The highest BCUT2D eigenvalue weighted by molar-refractivity contribution is 5.63. The zero-order valence-corrected chi connectivity index (χ0v) is 10.0. The van der Waals surface area contributed by atoms with Crippen molar-refractivity contribution in [2.45, 2.75) is 26.7 Å². The molecule has 16 heavy (non-hydrogen) atoms. The van der Waals surface area contributed by atoms with Crippen molar-refractivity contribution in [3.8, 4) is 0 Å². The number of hydrogen-bond donors (Lipinski definition) is 0. The number of hydrogen-bond acceptors (Lipinski definition) is 0. The quantitative estimate of drug-likeness (QED) is 0.604. The van der Waals surface area contributed by atoms with E-state index in [1.165, 1.54) is 29.6 Å². The van der Waals surface area contributed by atoms with E-state index in [4.69, 9.17) is 0 Å². The SMILES string of the molecule is C/C=C1/C=CC(C2=CCCC=C2)=C2C(C)C21. The Morgan fingerprint density at radius 1 is 1.19 bits per heavy atom. The first-order valence-electron chi connectivity index (χ1n) is 6.28. The van der Waals surface area contributed by atoms with Gasteiger partial charge in [-0.3, -0.25) is 0 Å². The molecule has 2 unspecified atom stereocenters. The molecule has 0 aliphatic heterocycles. The van der Waals surface area contributed by atoms with Crippen molar-refractivity contribution >= 4 is 0 Å². The molecule has 0 saturated heterocycles. The molecule has 0 heterocycles. The summed E-state index contributed by atoms with van der Waals surface area (Å²) in [5, 5.41) is 0. The largest absolute Gasteiger partial charge is 0.0838 e. The second-order valence-corrected chi connectivity index (χ2v) is 4.90. The van der Waals surface area contributed by atoms with Crippen molar-refractivity contribution in [3.63, 3.8) is 0 Å². The number of rotatable bonds is 1. The minimum absolute atomic E-state index is 0.723. The van der Waals surface area contributed by atoms with Gasteiger partial charge < -0.3 is 0 Å². The summed E-state index contributed by atoms with van der Waals surface area (Å²) < 4.78 is 0. The Bertz CT molecular complexity index is 466. The van der Waals surface area contributed by atoms with Gasteiger partial charge in [-0.15, -0.1) is 0 Å². The molecule has 0 aromatic rings. The fraction of sp³-hybridized carbons (Fsp3) is 0.375. The lowest BCUT2D eigenvalue weighted by atomic mass is 9.93. The summed E-state index contributed by atoms with van der Waals surface area (Å²) in [5.74, 6) is 1.48. The number of allylic oxidation sites excluding steroid dienone is 10. The van der Waals surface area contributed by atoms with Gasteiger partial charge in [-0.05, 0) is 42.4 Å². The van der Waals surface area contributed by atoms with Gasteiger partial charge in [-0.1, -0.05) is 49.0 Å². The number of fused-ring (bicyclic) bond motifs is 1. The Morgan fingerprint density at radius 3 is 2.75 bits per heavy atom. The Labute approximate surface area is 97.7 Å². The first-order chi connectivity index (χ1) is 7.83. The van der Waals surface area contributed by atoms with Crippen LogP contribution in [0.5, 0.6) is 0 Å². The minimum Gasteiger partial charge on any atom is -0.0838 e. The van der Waals surface area contributed by atoms with Crippen molar-refractivity contribution in [2.75, 3.05) is 0 Å². The fourth-order valence-corrected chi connectivity index (χ4v) is 3.01. The van der Waals surface area contributed by atoms with Gasteiger partial charge in [0.25, 0.3) is 0 Å². The summed E-state index contributed by atoms with van der Waals surface area (Å²) in [7, 11) is 0. The summed E-state index contributed by atoms with van der Waals surface area (Å²) in [6, 6.07) is 0. The molecule has 0 radical (unpaired) electrons. The smallest absolute Gasteiger partial charge is 0.0120 e. The molecule has 0 bridgehead atoms. The average Bonchev–Trinajstić information content (AvgIpc) is 3.02. The van der Waals surface area contributed by atoms with Crippen LogP contribution >= 0.6 is 0 Å². The van der Waals surface area contributed by atoms with E-state index < -0.39 is 0 Å². The second kappa shape index (κ2) is 3.62. The van der Waals surface area contributed by atoms with Crippen LogP contribution in [0.15, 0.2) is 58.7 Å². The summed E-state index contributed by atoms with van der Waals surface area (Å²) in [4.78, 5) is 0. The molecule has 1 fully saturated rings. The maximum absolute atomic E-state index is 2.38. The van der Waals surface area contributed by atoms with Crippen LogP contribution in [0.2, 0.25) is 0 Å². The average molecular weight is 210 g/mol. The van der Waals surface area contributed by atoms with Gasteiger partial charge in [0.05, 0.1) is 0 Å². The van der Waals surface area contributed by atoms with Crippen LogP contribution in [0.3, 0.4) is 0 Å². The Balaban J connectivity index is 1.99. The van der Waals surface area contributed by atoms with E-state index in [1.54, 1.807) is 5.57 Å². The zero-order valence-electron chi connectivity index (χ0n) is 10.0. The molecule has 82 valence electrons. The third-order valence-electron chi connectivity index (χ3n) is 3.97. The molecule has 0 aromatic heterocycles.